The third kappa shape index (κ3) is 3.44. The van der Waals surface area contributed by atoms with Crippen molar-refractivity contribution in [1.82, 2.24) is 0 Å². The summed E-state index contributed by atoms with van der Waals surface area (Å²) in [5, 5.41) is 0. The molecule has 5 heteroatoms. The summed E-state index contributed by atoms with van der Waals surface area (Å²) in [7, 11) is 4.79. The van der Waals surface area contributed by atoms with Crippen molar-refractivity contribution in [3.05, 3.63) is 24.3 Å². The Bertz CT molecular complexity index is 365. The first kappa shape index (κ1) is 13.5. The Labute approximate surface area is 101 Å². The van der Waals surface area contributed by atoms with Crippen LogP contribution in [0, 0.1) is 0 Å². The molecule has 0 heterocycles. The van der Waals surface area contributed by atoms with Gasteiger partial charge in [-0.05, 0) is 24.3 Å². The molecular formula is C12H18N2O3. The van der Waals surface area contributed by atoms with E-state index in [1.165, 1.54) is 12.0 Å². The van der Waals surface area contributed by atoms with Crippen LogP contribution in [0.5, 0.6) is 5.75 Å². The highest BCUT2D eigenvalue weighted by Crippen LogP contribution is 2.18. The van der Waals surface area contributed by atoms with E-state index in [4.69, 9.17) is 15.2 Å². The Morgan fingerprint density at radius 3 is 2.41 bits per heavy atom. The van der Waals surface area contributed by atoms with E-state index in [0.29, 0.717) is 0 Å². The van der Waals surface area contributed by atoms with Gasteiger partial charge in [-0.1, -0.05) is 0 Å². The fourth-order valence-corrected chi connectivity index (χ4v) is 1.43. The number of hydrogen-bond donors (Lipinski definition) is 1. The summed E-state index contributed by atoms with van der Waals surface area (Å²) in [6.07, 6.45) is 0. The molecule has 0 saturated carbocycles. The number of benzene rings is 1. The SMILES string of the molecule is COCC(N)C(=O)N(C)c1ccc(OC)cc1. The van der Waals surface area contributed by atoms with Gasteiger partial charge in [-0.15, -0.1) is 0 Å². The zero-order valence-electron chi connectivity index (χ0n) is 10.3. The molecule has 1 rings (SSSR count). The molecule has 0 fully saturated rings. The number of ether oxygens (including phenoxy) is 2. The zero-order chi connectivity index (χ0) is 12.8. The molecule has 0 saturated heterocycles. The summed E-state index contributed by atoms with van der Waals surface area (Å²) in [4.78, 5) is 13.4. The first-order chi connectivity index (χ1) is 8.10. The molecule has 94 valence electrons. The molecule has 0 aliphatic rings. The molecule has 1 aromatic carbocycles. The first-order valence-electron chi connectivity index (χ1n) is 5.26. The Kier molecular flexibility index (Phi) is 4.93. The first-order valence-corrected chi connectivity index (χ1v) is 5.26. The lowest BCUT2D eigenvalue weighted by Gasteiger charge is -2.21. The topological polar surface area (TPSA) is 64.8 Å². The third-order valence-electron chi connectivity index (χ3n) is 2.45. The van der Waals surface area contributed by atoms with Crippen LogP contribution in [-0.4, -0.2) is 39.8 Å². The van der Waals surface area contributed by atoms with Crippen molar-refractivity contribution in [2.45, 2.75) is 6.04 Å². The summed E-state index contributed by atoms with van der Waals surface area (Å²) in [6, 6.07) is 6.54. The van der Waals surface area contributed by atoms with E-state index < -0.39 is 6.04 Å². The van der Waals surface area contributed by atoms with Gasteiger partial charge in [0.25, 0.3) is 0 Å². The summed E-state index contributed by atoms with van der Waals surface area (Å²) in [5.74, 6) is 0.563. The van der Waals surface area contributed by atoms with Crippen molar-refractivity contribution in [2.75, 3.05) is 32.8 Å². The van der Waals surface area contributed by atoms with Crippen molar-refractivity contribution >= 4 is 11.6 Å². The standard InChI is InChI=1S/C12H18N2O3/c1-14(12(15)11(13)8-16-2)9-4-6-10(17-3)7-5-9/h4-7,11H,8,13H2,1-3H3. The minimum absolute atomic E-state index is 0.183. The van der Waals surface area contributed by atoms with E-state index in [0.717, 1.165) is 11.4 Å². The van der Waals surface area contributed by atoms with Gasteiger partial charge in [-0.2, -0.15) is 0 Å². The highest BCUT2D eigenvalue weighted by Gasteiger charge is 2.18. The second-order valence-corrected chi connectivity index (χ2v) is 3.66. The van der Waals surface area contributed by atoms with Gasteiger partial charge in [-0.25, -0.2) is 0 Å². The van der Waals surface area contributed by atoms with E-state index in [1.807, 2.05) is 0 Å². The molecule has 0 bridgehead atoms. The number of nitrogens with zero attached hydrogens (tertiary/aromatic N) is 1. The Morgan fingerprint density at radius 1 is 1.35 bits per heavy atom. The third-order valence-corrected chi connectivity index (χ3v) is 2.45. The van der Waals surface area contributed by atoms with Crippen LogP contribution in [0.25, 0.3) is 0 Å². The molecule has 1 aromatic rings. The van der Waals surface area contributed by atoms with Crippen LogP contribution in [0.2, 0.25) is 0 Å². The molecule has 1 unspecified atom stereocenters. The minimum Gasteiger partial charge on any atom is -0.497 e. The van der Waals surface area contributed by atoms with Crippen LogP contribution in [0.4, 0.5) is 5.69 Å². The van der Waals surface area contributed by atoms with E-state index in [-0.39, 0.29) is 12.5 Å². The molecule has 0 radical (unpaired) electrons. The molecular weight excluding hydrogens is 220 g/mol. The minimum atomic E-state index is -0.646. The van der Waals surface area contributed by atoms with Crippen LogP contribution in [0.1, 0.15) is 0 Å². The molecule has 0 aliphatic carbocycles. The number of nitrogens with two attached hydrogens (primary N) is 1. The van der Waals surface area contributed by atoms with E-state index >= 15 is 0 Å². The normalized spacial score (nSPS) is 12.0. The highest BCUT2D eigenvalue weighted by molar-refractivity contribution is 5.96. The second kappa shape index (κ2) is 6.22. The smallest absolute Gasteiger partial charge is 0.246 e. The molecule has 2 N–H and O–H groups in total. The number of likely N-dealkylation sites (N-methyl/N-ethyl adjacent to an activating group) is 1. The number of carbonyl (C=O) groups is 1. The summed E-state index contributed by atoms with van der Waals surface area (Å²) in [6.45, 7) is 0.208. The maximum Gasteiger partial charge on any atom is 0.246 e. The molecule has 5 nitrogen and oxygen atoms in total. The van der Waals surface area contributed by atoms with Gasteiger partial charge in [0.05, 0.1) is 13.7 Å². The average molecular weight is 238 g/mol. The van der Waals surface area contributed by atoms with Crippen molar-refractivity contribution in [2.24, 2.45) is 5.73 Å². The van der Waals surface area contributed by atoms with Crippen LogP contribution in [0.15, 0.2) is 24.3 Å². The van der Waals surface area contributed by atoms with Gasteiger partial charge in [0, 0.05) is 19.8 Å². The number of anilines is 1. The Morgan fingerprint density at radius 2 is 1.94 bits per heavy atom. The van der Waals surface area contributed by atoms with E-state index in [1.54, 1.807) is 38.4 Å². The number of hydrogen-bond acceptors (Lipinski definition) is 4. The maximum absolute atomic E-state index is 11.9. The zero-order valence-corrected chi connectivity index (χ0v) is 10.3. The number of rotatable bonds is 5. The molecule has 17 heavy (non-hydrogen) atoms. The number of carbonyl (C=O) groups excluding carboxylic acids is 1. The lowest BCUT2D eigenvalue weighted by molar-refractivity contribution is -0.120. The van der Waals surface area contributed by atoms with Crippen molar-refractivity contribution in [3.63, 3.8) is 0 Å². The van der Waals surface area contributed by atoms with Crippen LogP contribution in [0.3, 0.4) is 0 Å². The fourth-order valence-electron chi connectivity index (χ4n) is 1.43. The van der Waals surface area contributed by atoms with Crippen LogP contribution >= 0.6 is 0 Å². The maximum atomic E-state index is 11.9. The fraction of sp³-hybridized carbons (Fsp3) is 0.417. The van der Waals surface area contributed by atoms with Gasteiger partial charge in [0.15, 0.2) is 0 Å². The highest BCUT2D eigenvalue weighted by atomic mass is 16.5. The van der Waals surface area contributed by atoms with Gasteiger partial charge in [0.1, 0.15) is 11.8 Å². The number of amides is 1. The molecule has 1 amide bonds. The molecule has 0 aromatic heterocycles. The monoisotopic (exact) mass is 238 g/mol. The van der Waals surface area contributed by atoms with Crippen molar-refractivity contribution in [1.29, 1.82) is 0 Å². The van der Waals surface area contributed by atoms with Crippen LogP contribution in [-0.2, 0) is 9.53 Å². The largest absolute Gasteiger partial charge is 0.497 e. The lowest BCUT2D eigenvalue weighted by Crippen LogP contribution is -2.44. The average Bonchev–Trinajstić information content (AvgIpc) is 2.37. The van der Waals surface area contributed by atoms with Crippen molar-refractivity contribution < 1.29 is 14.3 Å². The summed E-state index contributed by atoms with van der Waals surface area (Å²) < 4.78 is 9.90. The lowest BCUT2D eigenvalue weighted by atomic mass is 10.2. The molecule has 0 spiro atoms. The molecule has 0 aliphatic heterocycles. The quantitative estimate of drug-likeness (QED) is 0.817. The summed E-state index contributed by atoms with van der Waals surface area (Å²) in [5.41, 5.74) is 6.45. The van der Waals surface area contributed by atoms with Gasteiger partial charge in [-0.3, -0.25) is 4.79 Å². The van der Waals surface area contributed by atoms with E-state index in [2.05, 4.69) is 0 Å². The molecule has 1 atom stereocenters. The van der Waals surface area contributed by atoms with Gasteiger partial charge >= 0.3 is 0 Å². The van der Waals surface area contributed by atoms with Crippen molar-refractivity contribution in [3.8, 4) is 5.75 Å². The van der Waals surface area contributed by atoms with Crippen LogP contribution < -0.4 is 15.4 Å². The van der Waals surface area contributed by atoms with E-state index in [9.17, 15) is 4.79 Å². The Hall–Kier alpha value is -1.59. The predicted molar refractivity (Wildman–Crippen MR) is 66.3 cm³/mol. The predicted octanol–water partition coefficient (Wildman–Crippen LogP) is 0.632. The number of methoxy groups -OCH3 is 2. The van der Waals surface area contributed by atoms with Gasteiger partial charge in [0.2, 0.25) is 5.91 Å². The second-order valence-electron chi connectivity index (χ2n) is 3.66. The summed E-state index contributed by atoms with van der Waals surface area (Å²) >= 11 is 0. The van der Waals surface area contributed by atoms with Gasteiger partial charge < -0.3 is 20.1 Å². The Balaban J connectivity index is 2.74.